The summed E-state index contributed by atoms with van der Waals surface area (Å²) in [7, 11) is 1.56. The number of carboxylic acids is 1. The quantitative estimate of drug-likeness (QED) is 0.773. The van der Waals surface area contributed by atoms with E-state index in [2.05, 4.69) is 0 Å². The average Bonchev–Trinajstić information content (AvgIpc) is 2.88. The maximum absolute atomic E-state index is 12.4. The highest BCUT2D eigenvalue weighted by atomic mass is 16.5. The van der Waals surface area contributed by atoms with Gasteiger partial charge in [-0.3, -0.25) is 4.79 Å². The molecule has 0 spiro atoms. The Kier molecular flexibility index (Phi) is 4.20. The van der Waals surface area contributed by atoms with Crippen molar-refractivity contribution in [1.29, 1.82) is 0 Å². The molecule has 6 nitrogen and oxygen atoms in total. The van der Waals surface area contributed by atoms with Gasteiger partial charge in [0.15, 0.2) is 5.76 Å². The summed E-state index contributed by atoms with van der Waals surface area (Å²) in [5, 5.41) is 10.4. The van der Waals surface area contributed by atoms with Gasteiger partial charge < -0.3 is 24.1 Å². The number of fused-ring (bicyclic) bond motifs is 1. The Labute approximate surface area is 137 Å². The first kappa shape index (κ1) is 15.6. The van der Waals surface area contributed by atoms with Crippen LogP contribution in [0.2, 0.25) is 0 Å². The SMILES string of the molecule is COc1cccc(/C=C2/Oc3cc(OCC(=O)[O-])ccc3C2=O)c1. The number of Topliss-reactive ketones (excluding diaryl/α,β-unsaturated/α-hetero) is 1. The molecule has 1 aliphatic rings. The first-order valence-electron chi connectivity index (χ1n) is 7.12. The van der Waals surface area contributed by atoms with Crippen molar-refractivity contribution in [2.75, 3.05) is 13.7 Å². The highest BCUT2D eigenvalue weighted by Crippen LogP contribution is 2.35. The summed E-state index contributed by atoms with van der Waals surface area (Å²) >= 11 is 0. The van der Waals surface area contributed by atoms with Gasteiger partial charge in [-0.1, -0.05) is 12.1 Å². The fourth-order valence-electron chi connectivity index (χ4n) is 2.28. The zero-order valence-corrected chi connectivity index (χ0v) is 12.8. The smallest absolute Gasteiger partial charge is 0.231 e. The molecule has 24 heavy (non-hydrogen) atoms. The van der Waals surface area contributed by atoms with Gasteiger partial charge in [0.05, 0.1) is 18.6 Å². The van der Waals surface area contributed by atoms with Crippen molar-refractivity contribution in [1.82, 2.24) is 0 Å². The van der Waals surface area contributed by atoms with E-state index in [1.54, 1.807) is 25.3 Å². The summed E-state index contributed by atoms with van der Waals surface area (Å²) in [5.74, 6) is -0.121. The van der Waals surface area contributed by atoms with Crippen molar-refractivity contribution in [2.24, 2.45) is 0 Å². The summed E-state index contributed by atoms with van der Waals surface area (Å²) in [5.41, 5.74) is 1.16. The molecule has 2 aromatic rings. The minimum Gasteiger partial charge on any atom is -0.546 e. The van der Waals surface area contributed by atoms with Crippen molar-refractivity contribution in [3.8, 4) is 17.2 Å². The molecule has 6 heteroatoms. The molecule has 1 aliphatic heterocycles. The van der Waals surface area contributed by atoms with Crippen LogP contribution in [0.25, 0.3) is 6.08 Å². The number of ketones is 1. The molecule has 0 saturated heterocycles. The average molecular weight is 325 g/mol. The third kappa shape index (κ3) is 3.22. The van der Waals surface area contributed by atoms with Gasteiger partial charge in [-0.25, -0.2) is 0 Å². The second-order valence-corrected chi connectivity index (χ2v) is 5.04. The van der Waals surface area contributed by atoms with E-state index in [0.29, 0.717) is 17.1 Å². The van der Waals surface area contributed by atoms with E-state index in [1.165, 1.54) is 18.2 Å². The van der Waals surface area contributed by atoms with Crippen LogP contribution < -0.4 is 19.3 Å². The second kappa shape index (κ2) is 6.45. The number of benzene rings is 2. The van der Waals surface area contributed by atoms with E-state index in [4.69, 9.17) is 14.2 Å². The molecule has 2 aromatic carbocycles. The number of carbonyl (C=O) groups is 2. The Balaban J connectivity index is 1.84. The minimum atomic E-state index is -1.33. The lowest BCUT2D eigenvalue weighted by Crippen LogP contribution is -2.28. The molecule has 0 unspecified atom stereocenters. The van der Waals surface area contributed by atoms with Crippen LogP contribution in [0.1, 0.15) is 15.9 Å². The first-order chi connectivity index (χ1) is 11.6. The molecule has 122 valence electrons. The summed E-state index contributed by atoms with van der Waals surface area (Å²) in [6.45, 7) is -0.570. The molecule has 0 N–H and O–H groups in total. The standard InChI is InChI=1S/C18H14O6/c1-22-12-4-2-3-11(7-12)8-16-18(21)14-6-5-13(9-15(14)24-16)23-10-17(19)20/h2-9H,10H2,1H3,(H,19,20)/p-1/b16-8+. The number of carboxylic acid groups (broad SMARTS) is 1. The zero-order valence-electron chi connectivity index (χ0n) is 12.8. The number of aliphatic carboxylic acids is 1. The maximum atomic E-state index is 12.4. The third-order valence-electron chi connectivity index (χ3n) is 3.39. The van der Waals surface area contributed by atoms with E-state index < -0.39 is 12.6 Å². The van der Waals surface area contributed by atoms with Gasteiger partial charge in [-0.2, -0.15) is 0 Å². The molecular weight excluding hydrogens is 312 g/mol. The van der Waals surface area contributed by atoms with Gasteiger partial charge in [0.25, 0.3) is 0 Å². The van der Waals surface area contributed by atoms with E-state index in [1.807, 2.05) is 12.1 Å². The summed E-state index contributed by atoms with van der Waals surface area (Å²) < 4.78 is 15.7. The van der Waals surface area contributed by atoms with Crippen LogP contribution >= 0.6 is 0 Å². The van der Waals surface area contributed by atoms with Crippen molar-refractivity contribution >= 4 is 17.8 Å². The van der Waals surface area contributed by atoms with Crippen molar-refractivity contribution < 1.29 is 28.9 Å². The lowest BCUT2D eigenvalue weighted by Gasteiger charge is -2.07. The molecule has 0 saturated carbocycles. The zero-order chi connectivity index (χ0) is 17.1. The predicted molar refractivity (Wildman–Crippen MR) is 82.9 cm³/mol. The number of hydrogen-bond acceptors (Lipinski definition) is 6. The van der Waals surface area contributed by atoms with Crippen molar-refractivity contribution in [3.63, 3.8) is 0 Å². The second-order valence-electron chi connectivity index (χ2n) is 5.04. The van der Waals surface area contributed by atoms with Crippen LogP contribution in [0, 0.1) is 0 Å². The van der Waals surface area contributed by atoms with E-state index in [0.717, 1.165) is 5.56 Å². The van der Waals surface area contributed by atoms with E-state index in [9.17, 15) is 14.7 Å². The molecule has 0 fully saturated rings. The number of rotatable bonds is 5. The molecule has 3 rings (SSSR count). The molecule has 0 radical (unpaired) electrons. The molecule has 0 amide bonds. The summed E-state index contributed by atoms with van der Waals surface area (Å²) in [6.07, 6.45) is 1.62. The highest BCUT2D eigenvalue weighted by molar-refractivity contribution is 6.14. The lowest BCUT2D eigenvalue weighted by atomic mass is 10.1. The van der Waals surface area contributed by atoms with Gasteiger partial charge in [-0.15, -0.1) is 0 Å². The van der Waals surface area contributed by atoms with Crippen LogP contribution in [0.4, 0.5) is 0 Å². The van der Waals surface area contributed by atoms with Crippen LogP contribution in [0.3, 0.4) is 0 Å². The summed E-state index contributed by atoms with van der Waals surface area (Å²) in [6, 6.07) is 11.7. The number of hydrogen-bond donors (Lipinski definition) is 0. The monoisotopic (exact) mass is 325 g/mol. The number of allylic oxidation sites excluding steroid dienone is 1. The van der Waals surface area contributed by atoms with Crippen LogP contribution in [-0.2, 0) is 4.79 Å². The Morgan fingerprint density at radius 2 is 2.04 bits per heavy atom. The first-order valence-corrected chi connectivity index (χ1v) is 7.12. The minimum absolute atomic E-state index is 0.176. The lowest BCUT2D eigenvalue weighted by molar-refractivity contribution is -0.307. The van der Waals surface area contributed by atoms with E-state index in [-0.39, 0.29) is 17.3 Å². The fourth-order valence-corrected chi connectivity index (χ4v) is 2.28. The molecule has 1 heterocycles. The fraction of sp³-hybridized carbons (Fsp3) is 0.111. The molecule has 0 aromatic heterocycles. The van der Waals surface area contributed by atoms with Gasteiger partial charge in [0.2, 0.25) is 5.78 Å². The van der Waals surface area contributed by atoms with Gasteiger partial charge in [0.1, 0.15) is 23.9 Å². The number of methoxy groups -OCH3 is 1. The third-order valence-corrected chi connectivity index (χ3v) is 3.39. The Hall–Kier alpha value is -3.28. The molecule has 0 aliphatic carbocycles. The highest BCUT2D eigenvalue weighted by Gasteiger charge is 2.27. The topological polar surface area (TPSA) is 84.9 Å². The Bertz CT molecular complexity index is 837. The molecule has 0 bridgehead atoms. The van der Waals surface area contributed by atoms with Crippen LogP contribution in [0.15, 0.2) is 48.2 Å². The predicted octanol–water partition coefficient (Wildman–Crippen LogP) is 1.44. The maximum Gasteiger partial charge on any atom is 0.231 e. The van der Waals surface area contributed by atoms with Crippen LogP contribution in [0.5, 0.6) is 17.2 Å². The molecular formula is C18H13O6-. The van der Waals surface area contributed by atoms with Gasteiger partial charge >= 0.3 is 0 Å². The number of ether oxygens (including phenoxy) is 3. The number of carbonyl (C=O) groups excluding carboxylic acids is 2. The largest absolute Gasteiger partial charge is 0.546 e. The van der Waals surface area contributed by atoms with E-state index >= 15 is 0 Å². The van der Waals surface area contributed by atoms with Crippen molar-refractivity contribution in [2.45, 2.75) is 0 Å². The molecule has 0 atom stereocenters. The Morgan fingerprint density at radius 1 is 1.21 bits per heavy atom. The van der Waals surface area contributed by atoms with Gasteiger partial charge in [0, 0.05) is 6.07 Å². The van der Waals surface area contributed by atoms with Gasteiger partial charge in [-0.05, 0) is 35.9 Å². The van der Waals surface area contributed by atoms with Crippen LogP contribution in [-0.4, -0.2) is 25.5 Å². The summed E-state index contributed by atoms with van der Waals surface area (Å²) in [4.78, 5) is 22.8. The normalized spacial score (nSPS) is 14.2. The van der Waals surface area contributed by atoms with Crippen molar-refractivity contribution in [3.05, 3.63) is 59.4 Å². The Morgan fingerprint density at radius 3 is 2.79 bits per heavy atom.